The van der Waals surface area contributed by atoms with Crippen LogP contribution in [-0.4, -0.2) is 11.8 Å². The molecule has 5 heteroatoms. The monoisotopic (exact) mass is 360 g/mol. The van der Waals surface area contributed by atoms with E-state index in [2.05, 4.69) is 26.6 Å². The lowest BCUT2D eigenvalue weighted by Crippen LogP contribution is -2.17. The molecule has 114 valence electrons. The van der Waals surface area contributed by atoms with Crippen molar-refractivity contribution in [3.05, 3.63) is 58.6 Å². The van der Waals surface area contributed by atoms with Gasteiger partial charge in [-0.2, -0.15) is 0 Å². The zero-order valence-corrected chi connectivity index (χ0v) is 14.0. The van der Waals surface area contributed by atoms with Gasteiger partial charge in [0.15, 0.2) is 0 Å². The van der Waals surface area contributed by atoms with Crippen LogP contribution < -0.4 is 10.6 Å². The summed E-state index contributed by atoms with van der Waals surface area (Å²) in [6, 6.07) is 14.2. The van der Waals surface area contributed by atoms with Crippen LogP contribution in [0.3, 0.4) is 0 Å². The van der Waals surface area contributed by atoms with Gasteiger partial charge in [-0.3, -0.25) is 9.59 Å². The number of nitrogens with one attached hydrogen (secondary N) is 2. The minimum absolute atomic E-state index is 0.0355. The van der Waals surface area contributed by atoms with E-state index in [0.29, 0.717) is 16.9 Å². The third-order valence-corrected chi connectivity index (χ3v) is 3.57. The van der Waals surface area contributed by atoms with E-state index >= 15 is 0 Å². The van der Waals surface area contributed by atoms with E-state index in [1.54, 1.807) is 36.4 Å². The summed E-state index contributed by atoms with van der Waals surface area (Å²) in [5.74, 6) is -0.283. The highest BCUT2D eigenvalue weighted by atomic mass is 79.9. The molecule has 0 aliphatic heterocycles. The van der Waals surface area contributed by atoms with Gasteiger partial charge in [0.1, 0.15) is 0 Å². The maximum Gasteiger partial charge on any atom is 0.255 e. The highest BCUT2D eigenvalue weighted by molar-refractivity contribution is 9.10. The minimum Gasteiger partial charge on any atom is -0.326 e. The van der Waals surface area contributed by atoms with Crippen molar-refractivity contribution in [2.24, 2.45) is 5.92 Å². The average Bonchev–Trinajstić information content (AvgIpc) is 2.49. The van der Waals surface area contributed by atoms with Crippen LogP contribution in [0, 0.1) is 5.92 Å². The van der Waals surface area contributed by atoms with E-state index in [1.807, 2.05) is 26.0 Å². The summed E-state index contributed by atoms with van der Waals surface area (Å²) < 4.78 is 0.925. The Morgan fingerprint density at radius 2 is 1.36 bits per heavy atom. The van der Waals surface area contributed by atoms with E-state index < -0.39 is 0 Å². The van der Waals surface area contributed by atoms with Crippen molar-refractivity contribution in [3.63, 3.8) is 0 Å². The Bertz CT molecular complexity index is 664. The number of anilines is 2. The average molecular weight is 361 g/mol. The molecule has 0 unspecified atom stereocenters. The zero-order valence-electron chi connectivity index (χ0n) is 12.4. The van der Waals surface area contributed by atoms with Gasteiger partial charge in [0.2, 0.25) is 5.91 Å². The van der Waals surface area contributed by atoms with E-state index in [9.17, 15) is 9.59 Å². The number of hydrogen-bond acceptors (Lipinski definition) is 2. The molecule has 0 bridgehead atoms. The first-order valence-corrected chi connectivity index (χ1v) is 7.73. The highest BCUT2D eigenvalue weighted by Crippen LogP contribution is 2.16. The molecular formula is C17H17BrN2O2. The van der Waals surface area contributed by atoms with Gasteiger partial charge in [0.25, 0.3) is 5.91 Å². The minimum atomic E-state index is -0.175. The lowest BCUT2D eigenvalue weighted by molar-refractivity contribution is -0.118. The predicted octanol–water partition coefficient (Wildman–Crippen LogP) is 4.30. The van der Waals surface area contributed by atoms with E-state index in [0.717, 1.165) is 4.47 Å². The molecule has 0 aliphatic carbocycles. The van der Waals surface area contributed by atoms with Gasteiger partial charge in [-0.15, -0.1) is 0 Å². The molecule has 2 aromatic rings. The second-order valence-electron chi connectivity index (χ2n) is 5.18. The Morgan fingerprint density at radius 3 is 1.86 bits per heavy atom. The Morgan fingerprint density at radius 1 is 0.864 bits per heavy atom. The van der Waals surface area contributed by atoms with Gasteiger partial charge in [-0.25, -0.2) is 0 Å². The number of amides is 2. The van der Waals surface area contributed by atoms with Gasteiger partial charge in [0, 0.05) is 27.3 Å². The van der Waals surface area contributed by atoms with Crippen LogP contribution in [-0.2, 0) is 4.79 Å². The molecule has 0 heterocycles. The Kier molecular flexibility index (Phi) is 5.33. The molecule has 0 atom stereocenters. The SMILES string of the molecule is CC(C)C(=O)Nc1ccc(NC(=O)c2ccc(Br)cc2)cc1. The summed E-state index contributed by atoms with van der Waals surface area (Å²) in [5.41, 5.74) is 1.97. The van der Waals surface area contributed by atoms with Crippen molar-refractivity contribution in [2.45, 2.75) is 13.8 Å². The van der Waals surface area contributed by atoms with E-state index in [4.69, 9.17) is 0 Å². The zero-order chi connectivity index (χ0) is 16.1. The molecular weight excluding hydrogens is 344 g/mol. The fraction of sp³-hybridized carbons (Fsp3) is 0.176. The van der Waals surface area contributed by atoms with Gasteiger partial charge in [-0.05, 0) is 48.5 Å². The number of halogens is 1. The first-order valence-electron chi connectivity index (χ1n) is 6.93. The number of carbonyl (C=O) groups is 2. The molecule has 0 spiro atoms. The van der Waals surface area contributed by atoms with Crippen LogP contribution in [0.15, 0.2) is 53.0 Å². The molecule has 2 N–H and O–H groups in total. The molecule has 4 nitrogen and oxygen atoms in total. The Hall–Kier alpha value is -2.14. The Labute approximate surface area is 138 Å². The molecule has 2 rings (SSSR count). The topological polar surface area (TPSA) is 58.2 Å². The summed E-state index contributed by atoms with van der Waals surface area (Å²) in [6.45, 7) is 3.67. The smallest absolute Gasteiger partial charge is 0.255 e. The predicted molar refractivity (Wildman–Crippen MR) is 92.0 cm³/mol. The molecule has 2 amide bonds. The van der Waals surface area contributed by atoms with E-state index in [-0.39, 0.29) is 17.7 Å². The summed E-state index contributed by atoms with van der Waals surface area (Å²) in [7, 11) is 0. The fourth-order valence-electron chi connectivity index (χ4n) is 1.73. The Balaban J connectivity index is 2.00. The largest absolute Gasteiger partial charge is 0.326 e. The first-order chi connectivity index (χ1) is 10.5. The van der Waals surface area contributed by atoms with E-state index in [1.165, 1.54) is 0 Å². The molecule has 0 saturated carbocycles. The third-order valence-electron chi connectivity index (χ3n) is 3.04. The van der Waals surface area contributed by atoms with Crippen LogP contribution in [0.1, 0.15) is 24.2 Å². The third kappa shape index (κ3) is 4.43. The standard InChI is InChI=1S/C17H17BrN2O2/c1-11(2)16(21)19-14-7-9-15(10-8-14)20-17(22)12-3-5-13(18)6-4-12/h3-11H,1-2H3,(H,19,21)(H,20,22). The van der Waals surface area contributed by atoms with Crippen molar-refractivity contribution in [2.75, 3.05) is 10.6 Å². The van der Waals surface area contributed by atoms with Gasteiger partial charge in [-0.1, -0.05) is 29.8 Å². The highest BCUT2D eigenvalue weighted by Gasteiger charge is 2.08. The number of rotatable bonds is 4. The van der Waals surface area contributed by atoms with Gasteiger partial charge in [0.05, 0.1) is 0 Å². The van der Waals surface area contributed by atoms with Crippen molar-refractivity contribution in [3.8, 4) is 0 Å². The summed E-state index contributed by atoms with van der Waals surface area (Å²) in [4.78, 5) is 23.7. The molecule has 0 aromatic heterocycles. The van der Waals surface area contributed by atoms with Crippen LogP contribution in [0.5, 0.6) is 0 Å². The molecule has 0 fully saturated rings. The second-order valence-corrected chi connectivity index (χ2v) is 6.10. The molecule has 22 heavy (non-hydrogen) atoms. The number of benzene rings is 2. The summed E-state index contributed by atoms with van der Waals surface area (Å²) in [6.07, 6.45) is 0. The van der Waals surface area contributed by atoms with Crippen LogP contribution in [0.25, 0.3) is 0 Å². The fourth-order valence-corrected chi connectivity index (χ4v) is 1.99. The molecule has 0 saturated heterocycles. The van der Waals surface area contributed by atoms with Crippen LogP contribution >= 0.6 is 15.9 Å². The van der Waals surface area contributed by atoms with Crippen molar-refractivity contribution in [1.82, 2.24) is 0 Å². The van der Waals surface area contributed by atoms with Crippen molar-refractivity contribution < 1.29 is 9.59 Å². The van der Waals surface area contributed by atoms with Crippen molar-refractivity contribution in [1.29, 1.82) is 0 Å². The number of carbonyl (C=O) groups excluding carboxylic acids is 2. The maximum atomic E-state index is 12.1. The number of hydrogen-bond donors (Lipinski definition) is 2. The molecule has 0 aliphatic rings. The lowest BCUT2D eigenvalue weighted by atomic mass is 10.2. The quantitative estimate of drug-likeness (QED) is 0.853. The molecule has 0 radical (unpaired) electrons. The van der Waals surface area contributed by atoms with Crippen LogP contribution in [0.4, 0.5) is 11.4 Å². The van der Waals surface area contributed by atoms with Crippen molar-refractivity contribution >= 4 is 39.1 Å². The van der Waals surface area contributed by atoms with Gasteiger partial charge >= 0.3 is 0 Å². The maximum absolute atomic E-state index is 12.1. The summed E-state index contributed by atoms with van der Waals surface area (Å²) in [5, 5.41) is 5.62. The lowest BCUT2D eigenvalue weighted by Gasteiger charge is -2.09. The van der Waals surface area contributed by atoms with Gasteiger partial charge < -0.3 is 10.6 Å². The second kappa shape index (κ2) is 7.22. The molecule has 2 aromatic carbocycles. The first kappa shape index (κ1) is 16.2. The normalized spacial score (nSPS) is 10.4. The summed E-state index contributed by atoms with van der Waals surface area (Å²) >= 11 is 3.33. The van der Waals surface area contributed by atoms with Crippen LogP contribution in [0.2, 0.25) is 0 Å².